The number of nitrogens with two attached hydrogens (primary N) is 1. The van der Waals surface area contributed by atoms with Gasteiger partial charge in [-0.2, -0.15) is 0 Å². The van der Waals surface area contributed by atoms with E-state index in [0.717, 1.165) is 30.0 Å². The van der Waals surface area contributed by atoms with Crippen LogP contribution in [0.3, 0.4) is 0 Å². The number of carbonyl (C=O) groups is 1. The molecule has 4 heteroatoms. The van der Waals surface area contributed by atoms with Crippen LogP contribution in [-0.2, 0) is 10.5 Å². The summed E-state index contributed by atoms with van der Waals surface area (Å²) in [6.07, 6.45) is 0.977. The van der Waals surface area contributed by atoms with Gasteiger partial charge in [0.25, 0.3) is 0 Å². The van der Waals surface area contributed by atoms with Crippen molar-refractivity contribution in [3.63, 3.8) is 0 Å². The molecule has 0 saturated heterocycles. The first kappa shape index (κ1) is 13.9. The van der Waals surface area contributed by atoms with Crippen molar-refractivity contribution in [1.82, 2.24) is 5.32 Å². The normalized spacial score (nSPS) is 10.2. The van der Waals surface area contributed by atoms with Crippen LogP contribution in [0.2, 0.25) is 0 Å². The van der Waals surface area contributed by atoms with Gasteiger partial charge in [-0.1, -0.05) is 19.1 Å². The summed E-state index contributed by atoms with van der Waals surface area (Å²) in [6, 6.07) is 5.91. The molecular formula is C13H20N2OS. The lowest BCUT2D eigenvalue weighted by molar-refractivity contribution is -0.118. The van der Waals surface area contributed by atoms with Crippen molar-refractivity contribution in [2.24, 2.45) is 0 Å². The van der Waals surface area contributed by atoms with Crippen LogP contribution in [0.25, 0.3) is 0 Å². The number of benzene rings is 1. The number of anilines is 1. The Labute approximate surface area is 107 Å². The van der Waals surface area contributed by atoms with E-state index in [1.807, 2.05) is 26.0 Å². The molecule has 1 rings (SSSR count). The minimum atomic E-state index is 0.110. The average Bonchev–Trinajstić information content (AvgIpc) is 2.32. The molecule has 0 spiro atoms. The highest BCUT2D eigenvalue weighted by atomic mass is 32.2. The molecule has 0 unspecified atom stereocenters. The highest BCUT2D eigenvalue weighted by molar-refractivity contribution is 7.99. The summed E-state index contributed by atoms with van der Waals surface area (Å²) in [4.78, 5) is 11.4. The molecule has 3 N–H and O–H groups in total. The number of hydrogen-bond acceptors (Lipinski definition) is 3. The summed E-state index contributed by atoms with van der Waals surface area (Å²) in [5.74, 6) is 1.45. The maximum Gasteiger partial charge on any atom is 0.230 e. The Morgan fingerprint density at radius 3 is 2.94 bits per heavy atom. The second kappa shape index (κ2) is 7.22. The van der Waals surface area contributed by atoms with Gasteiger partial charge >= 0.3 is 0 Å². The van der Waals surface area contributed by atoms with Gasteiger partial charge in [-0.25, -0.2) is 0 Å². The van der Waals surface area contributed by atoms with Gasteiger partial charge in [-0.3, -0.25) is 4.79 Å². The monoisotopic (exact) mass is 252 g/mol. The molecule has 0 radical (unpaired) electrons. The molecule has 0 aliphatic rings. The third-order valence-electron chi connectivity index (χ3n) is 2.55. The Kier molecular flexibility index (Phi) is 5.91. The summed E-state index contributed by atoms with van der Waals surface area (Å²) in [5, 5.41) is 2.86. The summed E-state index contributed by atoms with van der Waals surface area (Å²) in [5.41, 5.74) is 8.97. The van der Waals surface area contributed by atoms with E-state index in [9.17, 15) is 4.79 Å². The molecule has 0 bridgehead atoms. The van der Waals surface area contributed by atoms with Crippen molar-refractivity contribution in [2.45, 2.75) is 26.0 Å². The fourth-order valence-corrected chi connectivity index (χ4v) is 2.35. The number of carbonyl (C=O) groups excluding carboxylic acids is 1. The molecule has 0 aromatic heterocycles. The van der Waals surface area contributed by atoms with Crippen LogP contribution in [0.15, 0.2) is 18.2 Å². The quantitative estimate of drug-likeness (QED) is 0.764. The van der Waals surface area contributed by atoms with E-state index < -0.39 is 0 Å². The second-order valence-electron chi connectivity index (χ2n) is 3.97. The second-order valence-corrected chi connectivity index (χ2v) is 4.96. The predicted octanol–water partition coefficient (Wildman–Crippen LogP) is 2.34. The van der Waals surface area contributed by atoms with Gasteiger partial charge in [0.1, 0.15) is 0 Å². The van der Waals surface area contributed by atoms with E-state index in [2.05, 4.69) is 11.4 Å². The molecule has 0 saturated carbocycles. The molecule has 0 fully saturated rings. The largest absolute Gasteiger partial charge is 0.399 e. The van der Waals surface area contributed by atoms with Gasteiger partial charge < -0.3 is 11.1 Å². The highest BCUT2D eigenvalue weighted by Gasteiger charge is 2.04. The minimum absolute atomic E-state index is 0.110. The Morgan fingerprint density at radius 2 is 2.24 bits per heavy atom. The first-order valence-corrected chi connectivity index (χ1v) is 6.99. The lowest BCUT2D eigenvalue weighted by Gasteiger charge is -2.08. The maximum absolute atomic E-state index is 11.4. The van der Waals surface area contributed by atoms with Crippen molar-refractivity contribution in [3.8, 4) is 0 Å². The summed E-state index contributed by atoms with van der Waals surface area (Å²) >= 11 is 1.62. The third-order valence-corrected chi connectivity index (χ3v) is 3.53. The zero-order valence-corrected chi connectivity index (χ0v) is 11.3. The van der Waals surface area contributed by atoms with E-state index in [1.54, 1.807) is 11.8 Å². The van der Waals surface area contributed by atoms with Crippen LogP contribution in [0, 0.1) is 6.92 Å². The van der Waals surface area contributed by atoms with Crippen molar-refractivity contribution in [1.29, 1.82) is 0 Å². The number of nitrogens with one attached hydrogen (secondary N) is 1. The number of hydrogen-bond donors (Lipinski definition) is 2. The fraction of sp³-hybridized carbons (Fsp3) is 0.462. The molecule has 17 heavy (non-hydrogen) atoms. The highest BCUT2D eigenvalue weighted by Crippen LogP contribution is 2.20. The van der Waals surface area contributed by atoms with Crippen molar-refractivity contribution in [3.05, 3.63) is 29.3 Å². The standard InChI is InChI=1S/C13H20N2OS/c1-3-7-15-13(16)9-17-8-11-5-4-6-12(14)10(11)2/h4-6H,3,7-9,14H2,1-2H3,(H,15,16). The van der Waals surface area contributed by atoms with Gasteiger partial charge in [-0.05, 0) is 30.5 Å². The van der Waals surface area contributed by atoms with E-state index in [1.165, 1.54) is 5.56 Å². The van der Waals surface area contributed by atoms with Crippen molar-refractivity contribution in [2.75, 3.05) is 18.0 Å². The van der Waals surface area contributed by atoms with Crippen LogP contribution >= 0.6 is 11.8 Å². The van der Waals surface area contributed by atoms with Crippen LogP contribution < -0.4 is 11.1 Å². The summed E-state index contributed by atoms with van der Waals surface area (Å²) < 4.78 is 0. The maximum atomic E-state index is 11.4. The first-order chi connectivity index (χ1) is 8.15. The molecule has 0 atom stereocenters. The van der Waals surface area contributed by atoms with Gasteiger partial charge in [0.05, 0.1) is 5.75 Å². The smallest absolute Gasteiger partial charge is 0.230 e. The lowest BCUT2D eigenvalue weighted by atomic mass is 10.1. The first-order valence-electron chi connectivity index (χ1n) is 5.83. The molecular weight excluding hydrogens is 232 g/mol. The Morgan fingerprint density at radius 1 is 1.47 bits per heavy atom. The number of rotatable bonds is 6. The Bertz CT molecular complexity index is 380. The minimum Gasteiger partial charge on any atom is -0.399 e. The van der Waals surface area contributed by atoms with Crippen LogP contribution in [0.4, 0.5) is 5.69 Å². The van der Waals surface area contributed by atoms with Crippen molar-refractivity contribution < 1.29 is 4.79 Å². The zero-order chi connectivity index (χ0) is 12.7. The van der Waals surface area contributed by atoms with E-state index in [0.29, 0.717) is 5.75 Å². The lowest BCUT2D eigenvalue weighted by Crippen LogP contribution is -2.25. The van der Waals surface area contributed by atoms with Crippen LogP contribution in [0.1, 0.15) is 24.5 Å². The van der Waals surface area contributed by atoms with Gasteiger partial charge in [0, 0.05) is 18.0 Å². The molecule has 1 amide bonds. The fourth-order valence-electron chi connectivity index (χ4n) is 1.43. The molecule has 0 heterocycles. The van der Waals surface area contributed by atoms with E-state index in [4.69, 9.17) is 5.73 Å². The molecule has 1 aromatic rings. The topological polar surface area (TPSA) is 55.1 Å². The molecule has 0 aliphatic heterocycles. The summed E-state index contributed by atoms with van der Waals surface area (Å²) in [6.45, 7) is 4.82. The summed E-state index contributed by atoms with van der Waals surface area (Å²) in [7, 11) is 0. The van der Waals surface area contributed by atoms with Gasteiger partial charge in [-0.15, -0.1) is 11.8 Å². The predicted molar refractivity (Wildman–Crippen MR) is 75.1 cm³/mol. The van der Waals surface area contributed by atoms with Crippen molar-refractivity contribution >= 4 is 23.4 Å². The molecule has 3 nitrogen and oxygen atoms in total. The van der Waals surface area contributed by atoms with Gasteiger partial charge in [0.15, 0.2) is 0 Å². The van der Waals surface area contributed by atoms with E-state index >= 15 is 0 Å². The molecule has 1 aromatic carbocycles. The SMILES string of the molecule is CCCNC(=O)CSCc1cccc(N)c1C. The molecule has 0 aliphatic carbocycles. The Balaban J connectivity index is 2.36. The number of nitrogen functional groups attached to an aromatic ring is 1. The van der Waals surface area contributed by atoms with E-state index in [-0.39, 0.29) is 5.91 Å². The Hall–Kier alpha value is -1.16. The number of thioether (sulfide) groups is 1. The average molecular weight is 252 g/mol. The van der Waals surface area contributed by atoms with Crippen LogP contribution in [0.5, 0.6) is 0 Å². The van der Waals surface area contributed by atoms with Gasteiger partial charge in [0.2, 0.25) is 5.91 Å². The third kappa shape index (κ3) is 4.69. The van der Waals surface area contributed by atoms with Crippen LogP contribution in [-0.4, -0.2) is 18.2 Å². The molecule has 94 valence electrons. The zero-order valence-electron chi connectivity index (χ0n) is 10.5. The number of amides is 1.